The number of aromatic nitrogens is 1. The molecule has 0 radical (unpaired) electrons. The van der Waals surface area contributed by atoms with E-state index in [0.29, 0.717) is 10.9 Å². The molecule has 1 saturated heterocycles. The first-order valence-electron chi connectivity index (χ1n) is 7.03. The zero-order valence-electron chi connectivity index (χ0n) is 12.0. The van der Waals surface area contributed by atoms with Gasteiger partial charge in [0.15, 0.2) is 0 Å². The molecule has 1 aliphatic rings. The maximum absolute atomic E-state index is 11.6. The van der Waals surface area contributed by atoms with Crippen LogP contribution in [0.15, 0.2) is 30.5 Å². The van der Waals surface area contributed by atoms with Crippen LogP contribution in [0.5, 0.6) is 0 Å². The first-order valence-corrected chi connectivity index (χ1v) is 7.03. The summed E-state index contributed by atoms with van der Waals surface area (Å²) in [5, 5.41) is 50.6. The second-order valence-corrected chi connectivity index (χ2v) is 5.72. The summed E-state index contributed by atoms with van der Waals surface area (Å²) in [4.78, 5) is 14.6. The van der Waals surface area contributed by atoms with Gasteiger partial charge in [0.1, 0.15) is 12.2 Å². The number of carboxylic acids is 1. The Hall–Kier alpha value is -1.97. The fourth-order valence-electron chi connectivity index (χ4n) is 2.92. The van der Waals surface area contributed by atoms with E-state index in [1.54, 1.807) is 24.3 Å². The number of benzene rings is 1. The fraction of sp³-hybridized carbons (Fsp3) is 0.400. The fourth-order valence-corrected chi connectivity index (χ4v) is 2.92. The number of para-hydroxylation sites is 1. The molecular weight excluding hydrogens is 306 g/mol. The SMILES string of the molecule is O=C(O)[C@@](O)(Cc1c[nH]c2ccccc12)C1(O)OC[C@@H](O)[C@@H]1O. The molecule has 0 saturated carbocycles. The van der Waals surface area contributed by atoms with Crippen LogP contribution in [0.4, 0.5) is 0 Å². The van der Waals surface area contributed by atoms with Crippen molar-refractivity contribution in [2.75, 3.05) is 6.61 Å². The van der Waals surface area contributed by atoms with Crippen LogP contribution >= 0.6 is 0 Å². The Kier molecular flexibility index (Phi) is 3.66. The van der Waals surface area contributed by atoms with Crippen LogP contribution in [0.1, 0.15) is 5.56 Å². The molecule has 4 atom stereocenters. The molecule has 1 aromatic carbocycles. The van der Waals surface area contributed by atoms with Crippen LogP contribution < -0.4 is 0 Å². The normalized spacial score (nSPS) is 30.4. The van der Waals surface area contributed by atoms with Crippen LogP contribution in [-0.4, -0.2) is 66.7 Å². The standard InChI is InChI=1S/C15H17NO7/c17-11-7-23-15(22,12(11)18)14(21,13(19)20)5-8-6-16-10-4-2-1-3-9(8)10/h1-4,6,11-12,16-18,21-22H,5,7H2,(H,19,20)/t11-,12+,14+,15?/m1/s1. The molecular formula is C15H17NO7. The van der Waals surface area contributed by atoms with Gasteiger partial charge in [-0.15, -0.1) is 0 Å². The number of aliphatic carboxylic acids is 1. The average Bonchev–Trinajstić information content (AvgIpc) is 3.05. The van der Waals surface area contributed by atoms with Crippen molar-refractivity contribution < 1.29 is 35.1 Å². The number of ether oxygens (including phenoxy) is 1. The Morgan fingerprint density at radius 1 is 1.39 bits per heavy atom. The van der Waals surface area contributed by atoms with Crippen LogP contribution in [0.2, 0.25) is 0 Å². The van der Waals surface area contributed by atoms with E-state index < -0.39 is 42.6 Å². The number of rotatable bonds is 4. The quantitative estimate of drug-likeness (QED) is 0.422. The number of fused-ring (bicyclic) bond motifs is 1. The lowest BCUT2D eigenvalue weighted by Gasteiger charge is -2.38. The zero-order valence-corrected chi connectivity index (χ0v) is 12.0. The van der Waals surface area contributed by atoms with E-state index in [9.17, 15) is 30.3 Å². The molecule has 0 amide bonds. The molecule has 0 bridgehead atoms. The van der Waals surface area contributed by atoms with E-state index in [0.717, 1.165) is 5.52 Å². The van der Waals surface area contributed by atoms with Crippen molar-refractivity contribution in [1.29, 1.82) is 0 Å². The highest BCUT2D eigenvalue weighted by Gasteiger charge is 2.65. The van der Waals surface area contributed by atoms with Crippen molar-refractivity contribution in [1.82, 2.24) is 4.98 Å². The van der Waals surface area contributed by atoms with Crippen molar-refractivity contribution >= 4 is 16.9 Å². The molecule has 2 aromatic rings. The van der Waals surface area contributed by atoms with Gasteiger partial charge in [0.25, 0.3) is 0 Å². The van der Waals surface area contributed by atoms with Crippen LogP contribution in [0.3, 0.4) is 0 Å². The van der Waals surface area contributed by atoms with Gasteiger partial charge in [-0.05, 0) is 11.6 Å². The molecule has 124 valence electrons. The average molecular weight is 323 g/mol. The van der Waals surface area contributed by atoms with Gasteiger partial charge in [0.05, 0.1) is 6.61 Å². The summed E-state index contributed by atoms with van der Waals surface area (Å²) in [6.07, 6.45) is -2.45. The van der Waals surface area contributed by atoms with Gasteiger partial charge in [-0.3, -0.25) is 0 Å². The molecule has 8 heteroatoms. The Labute approximate surface area is 130 Å². The third kappa shape index (κ3) is 2.23. The Morgan fingerprint density at radius 2 is 2.09 bits per heavy atom. The van der Waals surface area contributed by atoms with Crippen molar-refractivity contribution in [3.05, 3.63) is 36.0 Å². The minimum absolute atomic E-state index is 0.427. The molecule has 0 spiro atoms. The number of H-pyrrole nitrogens is 1. The first-order chi connectivity index (χ1) is 10.8. The lowest BCUT2D eigenvalue weighted by atomic mass is 9.82. The van der Waals surface area contributed by atoms with Gasteiger partial charge >= 0.3 is 5.97 Å². The second kappa shape index (κ2) is 5.29. The van der Waals surface area contributed by atoms with E-state index in [1.165, 1.54) is 6.20 Å². The van der Waals surface area contributed by atoms with Crippen molar-refractivity contribution in [2.24, 2.45) is 0 Å². The second-order valence-electron chi connectivity index (χ2n) is 5.72. The van der Waals surface area contributed by atoms with Crippen LogP contribution in [-0.2, 0) is 16.0 Å². The number of hydrogen-bond acceptors (Lipinski definition) is 6. The van der Waals surface area contributed by atoms with E-state index in [2.05, 4.69) is 4.98 Å². The van der Waals surface area contributed by atoms with E-state index in [4.69, 9.17) is 4.74 Å². The molecule has 6 N–H and O–H groups in total. The molecule has 23 heavy (non-hydrogen) atoms. The predicted octanol–water partition coefficient (Wildman–Crippen LogP) is -1.03. The van der Waals surface area contributed by atoms with E-state index >= 15 is 0 Å². The third-order valence-electron chi connectivity index (χ3n) is 4.31. The Morgan fingerprint density at radius 3 is 2.70 bits per heavy atom. The van der Waals surface area contributed by atoms with E-state index in [-0.39, 0.29) is 0 Å². The van der Waals surface area contributed by atoms with Gasteiger partial charge in [-0.25, -0.2) is 4.79 Å². The van der Waals surface area contributed by atoms with Gasteiger partial charge < -0.3 is 35.3 Å². The molecule has 8 nitrogen and oxygen atoms in total. The maximum atomic E-state index is 11.6. The highest BCUT2D eigenvalue weighted by atomic mass is 16.7. The monoisotopic (exact) mass is 323 g/mol. The maximum Gasteiger partial charge on any atom is 0.341 e. The summed E-state index contributed by atoms with van der Waals surface area (Å²) < 4.78 is 4.87. The van der Waals surface area contributed by atoms with Crippen LogP contribution in [0, 0.1) is 0 Å². The summed E-state index contributed by atoms with van der Waals surface area (Å²) in [5.41, 5.74) is -1.68. The molecule has 1 aliphatic heterocycles. The molecule has 1 aromatic heterocycles. The van der Waals surface area contributed by atoms with Gasteiger partial charge in [-0.2, -0.15) is 0 Å². The summed E-state index contributed by atoms with van der Waals surface area (Å²) in [6.45, 7) is -0.485. The molecule has 1 unspecified atom stereocenters. The minimum Gasteiger partial charge on any atom is -0.479 e. The minimum atomic E-state index is -2.84. The lowest BCUT2D eigenvalue weighted by molar-refractivity contribution is -0.302. The van der Waals surface area contributed by atoms with Crippen molar-refractivity contribution in [3.63, 3.8) is 0 Å². The van der Waals surface area contributed by atoms with Gasteiger partial charge in [0.2, 0.25) is 11.4 Å². The van der Waals surface area contributed by atoms with Gasteiger partial charge in [-0.1, -0.05) is 18.2 Å². The number of aliphatic hydroxyl groups excluding tert-OH is 2. The number of aromatic amines is 1. The number of nitrogens with one attached hydrogen (secondary N) is 1. The van der Waals surface area contributed by atoms with Crippen molar-refractivity contribution in [3.8, 4) is 0 Å². The number of carbonyl (C=O) groups is 1. The van der Waals surface area contributed by atoms with Gasteiger partial charge in [0, 0.05) is 23.5 Å². The highest BCUT2D eigenvalue weighted by Crippen LogP contribution is 2.38. The topological polar surface area (TPSA) is 143 Å². The largest absolute Gasteiger partial charge is 0.479 e. The highest BCUT2D eigenvalue weighted by molar-refractivity contribution is 5.85. The third-order valence-corrected chi connectivity index (χ3v) is 4.31. The summed E-state index contributed by atoms with van der Waals surface area (Å²) in [5.74, 6) is -4.59. The van der Waals surface area contributed by atoms with E-state index in [1.807, 2.05) is 0 Å². The summed E-state index contributed by atoms with van der Waals surface area (Å²) in [6, 6.07) is 7.05. The zero-order chi connectivity index (χ0) is 16.8. The first kappa shape index (κ1) is 15.9. The molecule has 0 aliphatic carbocycles. The Bertz CT molecular complexity index is 744. The number of aliphatic hydroxyl groups is 4. The number of carboxylic acid groups (broad SMARTS) is 1. The van der Waals surface area contributed by atoms with Crippen molar-refractivity contribution in [2.45, 2.75) is 30.0 Å². The summed E-state index contributed by atoms with van der Waals surface area (Å²) >= 11 is 0. The smallest absolute Gasteiger partial charge is 0.341 e. The predicted molar refractivity (Wildman–Crippen MR) is 77.5 cm³/mol. The molecule has 2 heterocycles. The molecule has 3 rings (SSSR count). The molecule has 1 fully saturated rings. The lowest BCUT2D eigenvalue weighted by Crippen LogP contribution is -2.66. The van der Waals surface area contributed by atoms with Crippen LogP contribution in [0.25, 0.3) is 10.9 Å². The number of hydrogen-bond donors (Lipinski definition) is 6. The Balaban J connectivity index is 2.04. The summed E-state index contributed by atoms with van der Waals surface area (Å²) in [7, 11) is 0.